The molecule has 0 fully saturated rings. The monoisotopic (exact) mass is 301 g/mol. The van der Waals surface area contributed by atoms with E-state index in [2.05, 4.69) is 63.2 Å². The molecule has 0 radical (unpaired) electrons. The third kappa shape index (κ3) is 4.50. The molecule has 2 nitrogen and oxygen atoms in total. The summed E-state index contributed by atoms with van der Waals surface area (Å²) in [6.07, 6.45) is 0.931. The number of benzene rings is 1. The Morgan fingerprint density at radius 3 is 2.24 bits per heavy atom. The highest BCUT2D eigenvalue weighted by atomic mass is 32.1. The number of hydrogen-bond acceptors (Lipinski definition) is 3. The second kappa shape index (κ2) is 6.10. The number of rotatable bonds is 4. The Hall–Kier alpha value is -1.48. The van der Waals surface area contributed by atoms with Crippen molar-refractivity contribution in [2.75, 3.05) is 0 Å². The number of carbonyl (C=O) groups excluding carboxylic acids is 1. The molecule has 0 amide bonds. The van der Waals surface area contributed by atoms with Crippen molar-refractivity contribution in [3.05, 3.63) is 51.0 Å². The van der Waals surface area contributed by atoms with E-state index in [4.69, 9.17) is 0 Å². The van der Waals surface area contributed by atoms with Gasteiger partial charge in [0.2, 0.25) is 0 Å². The number of thiazole rings is 1. The van der Waals surface area contributed by atoms with E-state index in [-0.39, 0.29) is 11.2 Å². The molecule has 1 heterocycles. The average Bonchev–Trinajstić information content (AvgIpc) is 2.75. The second-order valence-electron chi connectivity index (χ2n) is 6.76. The van der Waals surface area contributed by atoms with E-state index in [0.29, 0.717) is 12.8 Å². The van der Waals surface area contributed by atoms with Crippen molar-refractivity contribution in [2.45, 2.75) is 52.9 Å². The van der Waals surface area contributed by atoms with Crippen LogP contribution < -0.4 is 0 Å². The first kappa shape index (κ1) is 15.9. The number of hydrogen-bond donors (Lipinski definition) is 0. The first-order valence-electron chi connectivity index (χ1n) is 7.28. The number of aromatic nitrogens is 1. The molecule has 0 spiro atoms. The summed E-state index contributed by atoms with van der Waals surface area (Å²) in [7, 11) is 0. The molecule has 1 aromatic heterocycles. The van der Waals surface area contributed by atoms with Crippen LogP contribution in [0.15, 0.2) is 23.6 Å². The van der Waals surface area contributed by atoms with Gasteiger partial charge in [-0.3, -0.25) is 4.79 Å². The normalized spacial score (nSPS) is 11.7. The van der Waals surface area contributed by atoms with Crippen molar-refractivity contribution in [3.63, 3.8) is 0 Å². The second-order valence-corrected chi connectivity index (χ2v) is 7.71. The van der Waals surface area contributed by atoms with Gasteiger partial charge in [-0.1, -0.05) is 50.1 Å². The fourth-order valence-corrected chi connectivity index (χ4v) is 3.42. The maximum absolute atomic E-state index is 12.2. The summed E-state index contributed by atoms with van der Waals surface area (Å²) in [5.41, 5.74) is 4.64. The lowest BCUT2D eigenvalue weighted by atomic mass is 9.93. The van der Waals surface area contributed by atoms with Crippen molar-refractivity contribution in [3.8, 4) is 0 Å². The summed E-state index contributed by atoms with van der Waals surface area (Å²) in [6.45, 7) is 10.6. The van der Waals surface area contributed by atoms with Gasteiger partial charge in [-0.05, 0) is 19.4 Å². The molecule has 0 aliphatic rings. The third-order valence-electron chi connectivity index (χ3n) is 3.35. The quantitative estimate of drug-likeness (QED) is 0.837. The topological polar surface area (TPSA) is 30.0 Å². The fraction of sp³-hybridized carbons (Fsp3) is 0.444. The maximum atomic E-state index is 12.2. The first-order chi connectivity index (χ1) is 9.74. The zero-order chi connectivity index (χ0) is 15.6. The number of carbonyl (C=O) groups is 1. The molecule has 1 aromatic carbocycles. The van der Waals surface area contributed by atoms with Gasteiger partial charge in [0.15, 0.2) is 0 Å². The first-order valence-corrected chi connectivity index (χ1v) is 8.16. The van der Waals surface area contributed by atoms with E-state index in [1.54, 1.807) is 11.3 Å². The molecule has 0 aliphatic heterocycles. The zero-order valence-corrected chi connectivity index (χ0v) is 14.3. The Kier molecular flexibility index (Phi) is 4.62. The predicted molar refractivity (Wildman–Crippen MR) is 89.1 cm³/mol. The van der Waals surface area contributed by atoms with Crippen molar-refractivity contribution in [1.82, 2.24) is 4.98 Å². The van der Waals surface area contributed by atoms with Crippen LogP contribution in [0.25, 0.3) is 0 Å². The standard InChI is InChI=1S/C18H23NOS/c1-12-6-13(2)8-14(7-12)9-15(20)10-17-19-16(11-21-17)18(3,4)5/h6-8,11H,9-10H2,1-5H3. The van der Waals surface area contributed by atoms with Crippen LogP contribution in [-0.2, 0) is 23.1 Å². The Morgan fingerprint density at radius 2 is 1.71 bits per heavy atom. The van der Waals surface area contributed by atoms with Crippen molar-refractivity contribution in [1.29, 1.82) is 0 Å². The van der Waals surface area contributed by atoms with Crippen molar-refractivity contribution < 1.29 is 4.79 Å². The Labute approximate surface area is 131 Å². The summed E-state index contributed by atoms with van der Waals surface area (Å²) in [5, 5.41) is 2.99. The van der Waals surface area contributed by atoms with Crippen LogP contribution in [-0.4, -0.2) is 10.8 Å². The van der Waals surface area contributed by atoms with Crippen LogP contribution >= 0.6 is 11.3 Å². The molecule has 21 heavy (non-hydrogen) atoms. The van der Waals surface area contributed by atoms with Crippen LogP contribution in [0.4, 0.5) is 0 Å². The van der Waals surface area contributed by atoms with Crippen LogP contribution in [0.2, 0.25) is 0 Å². The molecule has 0 unspecified atom stereocenters. The summed E-state index contributed by atoms with van der Waals surface area (Å²) < 4.78 is 0. The highest BCUT2D eigenvalue weighted by Gasteiger charge is 2.18. The van der Waals surface area contributed by atoms with Gasteiger partial charge < -0.3 is 0 Å². The van der Waals surface area contributed by atoms with Crippen LogP contribution in [0, 0.1) is 13.8 Å². The van der Waals surface area contributed by atoms with E-state index >= 15 is 0 Å². The minimum absolute atomic E-state index is 0.0471. The van der Waals surface area contributed by atoms with Gasteiger partial charge in [-0.25, -0.2) is 4.98 Å². The molecule has 0 bridgehead atoms. The number of aryl methyl sites for hydroxylation is 2. The minimum Gasteiger partial charge on any atom is -0.299 e. The zero-order valence-electron chi connectivity index (χ0n) is 13.5. The smallest absolute Gasteiger partial charge is 0.144 e. The SMILES string of the molecule is Cc1cc(C)cc(CC(=O)Cc2nc(C(C)(C)C)cs2)c1. The predicted octanol–water partition coefficient (Wildman–Crippen LogP) is 4.41. The molecule has 2 rings (SSSR count). The lowest BCUT2D eigenvalue weighted by molar-refractivity contribution is -0.117. The molecule has 3 heteroatoms. The van der Waals surface area contributed by atoms with E-state index in [9.17, 15) is 4.79 Å². The van der Waals surface area contributed by atoms with Gasteiger partial charge in [-0.15, -0.1) is 11.3 Å². The van der Waals surface area contributed by atoms with Gasteiger partial charge in [0, 0.05) is 17.2 Å². The highest BCUT2D eigenvalue weighted by Crippen LogP contribution is 2.24. The van der Waals surface area contributed by atoms with Gasteiger partial charge in [0.25, 0.3) is 0 Å². The molecular formula is C18H23NOS. The van der Waals surface area contributed by atoms with Gasteiger partial charge >= 0.3 is 0 Å². The summed E-state index contributed by atoms with van der Waals surface area (Å²) in [4.78, 5) is 16.8. The Balaban J connectivity index is 2.03. The Bertz CT molecular complexity index is 629. The molecule has 0 saturated carbocycles. The lowest BCUT2D eigenvalue weighted by Crippen LogP contribution is -2.12. The molecule has 2 aromatic rings. The van der Waals surface area contributed by atoms with Crippen LogP contribution in [0.5, 0.6) is 0 Å². The molecule has 0 N–H and O–H groups in total. The largest absolute Gasteiger partial charge is 0.299 e. The maximum Gasteiger partial charge on any atom is 0.144 e. The van der Waals surface area contributed by atoms with Gasteiger partial charge in [-0.2, -0.15) is 0 Å². The van der Waals surface area contributed by atoms with Gasteiger partial charge in [0.05, 0.1) is 12.1 Å². The molecular weight excluding hydrogens is 278 g/mol. The van der Waals surface area contributed by atoms with E-state index < -0.39 is 0 Å². The average molecular weight is 301 g/mol. The molecule has 0 atom stereocenters. The lowest BCUT2D eigenvalue weighted by Gasteiger charge is -2.14. The molecule has 112 valence electrons. The highest BCUT2D eigenvalue weighted by molar-refractivity contribution is 7.09. The summed E-state index contributed by atoms with van der Waals surface area (Å²) >= 11 is 1.59. The number of nitrogens with zero attached hydrogens (tertiary/aromatic N) is 1. The Morgan fingerprint density at radius 1 is 1.10 bits per heavy atom. The van der Waals surface area contributed by atoms with Crippen molar-refractivity contribution in [2.24, 2.45) is 0 Å². The fourth-order valence-electron chi connectivity index (χ4n) is 2.37. The minimum atomic E-state index is 0.0471. The van der Waals surface area contributed by atoms with Crippen LogP contribution in [0.1, 0.15) is 48.2 Å². The van der Waals surface area contributed by atoms with E-state index in [1.165, 1.54) is 11.1 Å². The number of ketones is 1. The summed E-state index contributed by atoms with van der Waals surface area (Å²) in [5.74, 6) is 0.231. The van der Waals surface area contributed by atoms with Crippen LogP contribution in [0.3, 0.4) is 0 Å². The van der Waals surface area contributed by atoms with Crippen molar-refractivity contribution >= 4 is 17.1 Å². The van der Waals surface area contributed by atoms with E-state index in [0.717, 1.165) is 16.3 Å². The van der Waals surface area contributed by atoms with E-state index in [1.807, 2.05) is 0 Å². The third-order valence-corrected chi connectivity index (χ3v) is 4.20. The van der Waals surface area contributed by atoms with Gasteiger partial charge in [0.1, 0.15) is 10.8 Å². The molecule has 0 saturated heterocycles. The molecule has 0 aliphatic carbocycles. The number of Topliss-reactive ketones (excluding diaryl/α,β-unsaturated/α-hetero) is 1. The summed E-state index contributed by atoms with van der Waals surface area (Å²) in [6, 6.07) is 6.31.